The molecule has 2 fully saturated rings. The summed E-state index contributed by atoms with van der Waals surface area (Å²) in [7, 11) is 1.88. The van der Waals surface area contributed by atoms with E-state index < -0.39 is 17.7 Å². The second-order valence-electron chi connectivity index (χ2n) is 17.1. The fraction of sp³-hybridized carbons (Fsp3) is 0.520. The molecule has 3 aromatic carbocycles. The van der Waals surface area contributed by atoms with Crippen LogP contribution in [0.25, 0.3) is 0 Å². The molecular formula is C50H63FN2O7. The highest BCUT2D eigenvalue weighted by atomic mass is 19.1. The van der Waals surface area contributed by atoms with Gasteiger partial charge < -0.3 is 34.2 Å². The van der Waals surface area contributed by atoms with Gasteiger partial charge in [-0.3, -0.25) is 4.79 Å². The number of oxime groups is 1. The van der Waals surface area contributed by atoms with E-state index >= 15 is 0 Å². The number of amides is 1. The molecule has 322 valence electrons. The highest BCUT2D eigenvalue weighted by molar-refractivity contribution is 6.03. The molecule has 1 amide bonds. The predicted molar refractivity (Wildman–Crippen MR) is 231 cm³/mol. The van der Waals surface area contributed by atoms with Crippen LogP contribution in [0.2, 0.25) is 0 Å². The summed E-state index contributed by atoms with van der Waals surface area (Å²) in [5.41, 5.74) is 4.16. The maximum atomic E-state index is 14.7. The smallest absolute Gasteiger partial charge is 0.239 e. The van der Waals surface area contributed by atoms with Crippen LogP contribution < -0.4 is 9.47 Å². The number of benzene rings is 3. The van der Waals surface area contributed by atoms with E-state index in [9.17, 15) is 19.4 Å². The average molecular weight is 823 g/mol. The molecule has 3 aliphatic carbocycles. The minimum absolute atomic E-state index is 0.0467. The lowest BCUT2D eigenvalue weighted by Crippen LogP contribution is -2.69. The van der Waals surface area contributed by atoms with Crippen LogP contribution >= 0.6 is 0 Å². The standard InChI is InChI=1S/C50H63FN2O7/c1-3-29-58-50-46(53(2)47(56)26-23-35-15-7-8-16-35)32-44(52-59-33-36-17-5-4-6-18-36)41-30-37(19-11-13-27-54)40(21-12-14-28-55)48(49(41)50)42-31-39(24-25-45(42)60-50)57-34-38-20-9-10-22-43(38)51/h3-6,9-10,17-18,20,22,24-25,30-31,35,37,40,46,48-49,54-55H,1,7-8,11-16,19,21,23,26-29,32-34H2,2H3/t37-,40+,46-,48+,49+,50+/m0/s1. The number of rotatable bonds is 21. The number of carbonyl (C=O) groups excluding carboxylic acids is 1. The number of halogens is 1. The monoisotopic (exact) mass is 822 g/mol. The Morgan fingerprint density at radius 1 is 0.967 bits per heavy atom. The number of hydrogen-bond donors (Lipinski definition) is 2. The lowest BCUT2D eigenvalue weighted by Gasteiger charge is -2.59. The van der Waals surface area contributed by atoms with E-state index in [1.165, 1.54) is 31.7 Å². The van der Waals surface area contributed by atoms with Gasteiger partial charge in [0.25, 0.3) is 0 Å². The van der Waals surface area contributed by atoms with Crippen LogP contribution in [-0.2, 0) is 27.6 Å². The zero-order valence-corrected chi connectivity index (χ0v) is 35.2. The third kappa shape index (κ3) is 9.82. The fourth-order valence-corrected chi connectivity index (χ4v) is 10.3. The largest absolute Gasteiger partial charge is 0.489 e. The third-order valence-corrected chi connectivity index (χ3v) is 13.3. The molecular weight excluding hydrogens is 760 g/mol. The average Bonchev–Trinajstić information content (AvgIpc) is 3.80. The Hall–Kier alpha value is -4.51. The first kappa shape index (κ1) is 43.6. The number of ether oxygens (including phenoxy) is 3. The second-order valence-corrected chi connectivity index (χ2v) is 17.1. The molecule has 0 saturated heterocycles. The number of nitrogens with zero attached hydrogens (tertiary/aromatic N) is 2. The summed E-state index contributed by atoms with van der Waals surface area (Å²) < 4.78 is 35.4. The van der Waals surface area contributed by atoms with E-state index in [0.717, 1.165) is 54.5 Å². The number of carbonyl (C=O) groups is 1. The van der Waals surface area contributed by atoms with Crippen molar-refractivity contribution in [1.82, 2.24) is 4.90 Å². The van der Waals surface area contributed by atoms with Crippen LogP contribution in [0.15, 0.2) is 102 Å². The van der Waals surface area contributed by atoms with Crippen molar-refractivity contribution in [2.75, 3.05) is 26.9 Å². The van der Waals surface area contributed by atoms with E-state index in [1.54, 1.807) is 24.3 Å². The molecule has 1 aliphatic heterocycles. The molecule has 3 aromatic rings. The molecule has 9 nitrogen and oxygen atoms in total. The maximum Gasteiger partial charge on any atom is 0.239 e. The molecule has 0 spiro atoms. The van der Waals surface area contributed by atoms with Gasteiger partial charge in [-0.05, 0) is 85.3 Å². The number of unbranched alkanes of at least 4 members (excludes halogenated alkanes) is 2. The van der Waals surface area contributed by atoms with Gasteiger partial charge in [0.2, 0.25) is 11.7 Å². The van der Waals surface area contributed by atoms with Crippen molar-refractivity contribution in [1.29, 1.82) is 0 Å². The number of aliphatic hydroxyl groups excluding tert-OH is 2. The van der Waals surface area contributed by atoms with Gasteiger partial charge in [-0.25, -0.2) is 4.39 Å². The van der Waals surface area contributed by atoms with Gasteiger partial charge in [-0.15, -0.1) is 6.58 Å². The first-order chi connectivity index (χ1) is 29.4. The molecule has 6 atom stereocenters. The van der Waals surface area contributed by atoms with Crippen molar-refractivity contribution in [3.8, 4) is 11.5 Å². The Labute approximate surface area is 355 Å². The summed E-state index contributed by atoms with van der Waals surface area (Å²) in [5, 5.41) is 24.7. The first-order valence-corrected chi connectivity index (χ1v) is 22.2. The summed E-state index contributed by atoms with van der Waals surface area (Å²) in [6.45, 7) is 4.80. The van der Waals surface area contributed by atoms with E-state index in [0.29, 0.717) is 48.7 Å². The van der Waals surface area contributed by atoms with Crippen LogP contribution in [0.3, 0.4) is 0 Å². The van der Waals surface area contributed by atoms with E-state index in [2.05, 4.69) is 12.7 Å². The number of fused-ring (bicyclic) bond motifs is 2. The predicted octanol–water partition coefficient (Wildman–Crippen LogP) is 9.67. The SMILES string of the molecule is C=CCO[C@@]12Oc3ccc(OCc4ccccc4F)cc3[C@H]3[C@H](CCCCO)[C@@H](CCCCO)C=C(C(=NOCc4ccccc4)C[C@@H]1N(C)C(=O)CCC1CCCC1)[C@H]32. The Morgan fingerprint density at radius 3 is 2.47 bits per heavy atom. The molecule has 10 heteroatoms. The van der Waals surface area contributed by atoms with Crippen molar-refractivity contribution in [3.05, 3.63) is 120 Å². The van der Waals surface area contributed by atoms with Crippen molar-refractivity contribution < 1.29 is 38.4 Å². The fourth-order valence-electron chi connectivity index (χ4n) is 10.3. The summed E-state index contributed by atoms with van der Waals surface area (Å²) in [4.78, 5) is 22.4. The molecule has 0 unspecified atom stereocenters. The van der Waals surface area contributed by atoms with Gasteiger partial charge in [0.1, 0.15) is 36.6 Å². The molecule has 0 aromatic heterocycles. The van der Waals surface area contributed by atoms with Gasteiger partial charge in [-0.2, -0.15) is 0 Å². The molecule has 1 heterocycles. The van der Waals surface area contributed by atoms with Crippen molar-refractivity contribution in [2.24, 2.45) is 28.8 Å². The first-order valence-electron chi connectivity index (χ1n) is 22.2. The highest BCUT2D eigenvalue weighted by Crippen LogP contribution is 2.62. The summed E-state index contributed by atoms with van der Waals surface area (Å²) >= 11 is 0. The van der Waals surface area contributed by atoms with E-state index in [1.807, 2.05) is 60.5 Å². The molecule has 7 rings (SSSR count). The van der Waals surface area contributed by atoms with E-state index in [4.69, 9.17) is 24.2 Å². The Morgan fingerprint density at radius 2 is 1.72 bits per heavy atom. The zero-order chi connectivity index (χ0) is 41.9. The quantitative estimate of drug-likeness (QED) is 0.0626. The summed E-state index contributed by atoms with van der Waals surface area (Å²) in [6.07, 6.45) is 15.2. The minimum Gasteiger partial charge on any atom is -0.489 e. The molecule has 60 heavy (non-hydrogen) atoms. The van der Waals surface area contributed by atoms with Crippen LogP contribution in [-0.4, -0.2) is 65.4 Å². The number of hydrogen-bond acceptors (Lipinski definition) is 8. The Kier molecular flexibility index (Phi) is 15.1. The maximum absolute atomic E-state index is 14.7. The highest BCUT2D eigenvalue weighted by Gasteiger charge is 2.65. The van der Waals surface area contributed by atoms with Crippen molar-refractivity contribution in [3.63, 3.8) is 0 Å². The third-order valence-electron chi connectivity index (χ3n) is 13.3. The number of likely N-dealkylation sites (N-methyl/N-ethyl adjacent to an activating group) is 1. The second kappa shape index (κ2) is 20.8. The molecule has 2 saturated carbocycles. The molecule has 0 radical (unpaired) electrons. The zero-order valence-electron chi connectivity index (χ0n) is 35.2. The van der Waals surface area contributed by atoms with Gasteiger partial charge in [-0.1, -0.05) is 104 Å². The summed E-state index contributed by atoms with van der Waals surface area (Å²) in [6, 6.07) is 21.8. The minimum atomic E-state index is -1.31. The van der Waals surface area contributed by atoms with E-state index in [-0.39, 0.29) is 62.5 Å². The van der Waals surface area contributed by atoms with Crippen LogP contribution in [0.5, 0.6) is 11.5 Å². The van der Waals surface area contributed by atoms with Crippen LogP contribution in [0, 0.1) is 29.5 Å². The Bertz CT molecular complexity index is 1950. The number of allylic oxidation sites excluding steroid dienone is 1. The molecule has 2 N–H and O–H groups in total. The van der Waals surface area contributed by atoms with Crippen LogP contribution in [0.4, 0.5) is 4.39 Å². The van der Waals surface area contributed by atoms with Gasteiger partial charge in [0.05, 0.1) is 18.2 Å². The van der Waals surface area contributed by atoms with Gasteiger partial charge in [0.15, 0.2) is 0 Å². The van der Waals surface area contributed by atoms with Crippen LogP contribution in [0.1, 0.15) is 106 Å². The Balaban J connectivity index is 1.36. The van der Waals surface area contributed by atoms with Crippen molar-refractivity contribution >= 4 is 11.6 Å². The van der Waals surface area contributed by atoms with Gasteiger partial charge >= 0.3 is 0 Å². The molecule has 4 aliphatic rings. The summed E-state index contributed by atoms with van der Waals surface area (Å²) in [5.74, 6) is -0.202. The number of aliphatic hydroxyl groups is 2. The normalized spacial score (nSPS) is 25.2. The molecule has 0 bridgehead atoms. The lowest BCUT2D eigenvalue weighted by molar-refractivity contribution is -0.255. The topological polar surface area (TPSA) is 110 Å². The van der Waals surface area contributed by atoms with Gasteiger partial charge in [0, 0.05) is 50.1 Å². The lowest BCUT2D eigenvalue weighted by atomic mass is 9.55. The van der Waals surface area contributed by atoms with Crippen molar-refractivity contribution in [2.45, 2.75) is 114 Å².